The van der Waals surface area contributed by atoms with E-state index >= 15 is 0 Å². The van der Waals surface area contributed by atoms with Crippen LogP contribution in [0.1, 0.15) is 50.4 Å². The zero-order chi connectivity index (χ0) is 27.6. The molecule has 3 aromatic rings. The summed E-state index contributed by atoms with van der Waals surface area (Å²) < 4.78 is 16.2. The predicted octanol–water partition coefficient (Wildman–Crippen LogP) is 6.03. The molecular weight excluding hydrogens is 482 g/mol. The number of rotatable bonds is 7. The van der Waals surface area contributed by atoms with Gasteiger partial charge < -0.3 is 19.3 Å². The first kappa shape index (κ1) is 26.8. The summed E-state index contributed by atoms with van der Waals surface area (Å²) in [6.45, 7) is 8.75. The molecule has 1 heterocycles. The fraction of sp³-hybridized carbons (Fsp3) is 0.290. The maximum absolute atomic E-state index is 13.5. The van der Waals surface area contributed by atoms with Gasteiger partial charge in [0, 0.05) is 11.3 Å². The number of methoxy groups -OCH3 is 2. The minimum atomic E-state index is -0.838. The average Bonchev–Trinajstić information content (AvgIpc) is 3.18. The van der Waals surface area contributed by atoms with Crippen LogP contribution < -0.4 is 19.1 Å². The SMILES string of the molecule is CCOc1ccc(N2C(=O)C(=O)/C(=C(\O)c3ccc(OC)c(OC)c3)C2c2ccc(C(C)(C)C)cc2)cc1. The van der Waals surface area contributed by atoms with E-state index in [1.807, 2.05) is 31.2 Å². The third kappa shape index (κ3) is 4.96. The van der Waals surface area contributed by atoms with Gasteiger partial charge in [-0.1, -0.05) is 45.0 Å². The van der Waals surface area contributed by atoms with E-state index in [-0.39, 0.29) is 16.7 Å². The molecule has 0 radical (unpaired) electrons. The normalized spacial score (nSPS) is 17.0. The molecule has 1 fully saturated rings. The second-order valence-corrected chi connectivity index (χ2v) is 10.0. The molecule has 0 bridgehead atoms. The minimum Gasteiger partial charge on any atom is -0.507 e. The van der Waals surface area contributed by atoms with Crippen molar-refractivity contribution in [2.24, 2.45) is 0 Å². The zero-order valence-electron chi connectivity index (χ0n) is 22.6. The van der Waals surface area contributed by atoms with Crippen molar-refractivity contribution in [2.45, 2.75) is 39.2 Å². The Hall–Kier alpha value is -4.26. The van der Waals surface area contributed by atoms with Crippen LogP contribution >= 0.6 is 0 Å². The molecule has 38 heavy (non-hydrogen) atoms. The molecule has 1 atom stereocenters. The third-order valence-corrected chi connectivity index (χ3v) is 6.62. The van der Waals surface area contributed by atoms with Crippen molar-refractivity contribution >= 4 is 23.1 Å². The second-order valence-electron chi connectivity index (χ2n) is 10.0. The Kier molecular flexibility index (Phi) is 7.49. The van der Waals surface area contributed by atoms with Gasteiger partial charge in [0.2, 0.25) is 0 Å². The van der Waals surface area contributed by atoms with Crippen LogP contribution in [0.25, 0.3) is 5.76 Å². The third-order valence-electron chi connectivity index (χ3n) is 6.62. The van der Waals surface area contributed by atoms with Crippen LogP contribution in [0.15, 0.2) is 72.3 Å². The number of ketones is 1. The van der Waals surface area contributed by atoms with E-state index in [1.54, 1.807) is 42.5 Å². The van der Waals surface area contributed by atoms with E-state index in [2.05, 4.69) is 20.8 Å². The van der Waals surface area contributed by atoms with Crippen LogP contribution in [0, 0.1) is 0 Å². The van der Waals surface area contributed by atoms with Crippen LogP contribution in [-0.2, 0) is 15.0 Å². The van der Waals surface area contributed by atoms with Gasteiger partial charge in [0.05, 0.1) is 32.4 Å². The number of hydrogen-bond donors (Lipinski definition) is 1. The van der Waals surface area contributed by atoms with E-state index in [0.717, 1.165) is 5.56 Å². The molecular formula is C31H33NO6. The highest BCUT2D eigenvalue weighted by Crippen LogP contribution is 2.43. The van der Waals surface area contributed by atoms with Crippen LogP contribution in [0.5, 0.6) is 17.2 Å². The topological polar surface area (TPSA) is 85.3 Å². The van der Waals surface area contributed by atoms with E-state index in [1.165, 1.54) is 19.1 Å². The molecule has 0 aromatic heterocycles. The molecule has 3 aromatic carbocycles. The van der Waals surface area contributed by atoms with Crippen LogP contribution in [0.3, 0.4) is 0 Å². The maximum atomic E-state index is 13.5. The van der Waals surface area contributed by atoms with Gasteiger partial charge >= 0.3 is 0 Å². The molecule has 1 aliphatic rings. The molecule has 4 rings (SSSR count). The van der Waals surface area contributed by atoms with Crippen molar-refractivity contribution in [3.05, 3.63) is 89.0 Å². The molecule has 1 aliphatic heterocycles. The Labute approximate surface area is 223 Å². The van der Waals surface area contributed by atoms with Crippen molar-refractivity contribution in [1.29, 1.82) is 0 Å². The van der Waals surface area contributed by atoms with Gasteiger partial charge in [-0.2, -0.15) is 0 Å². The summed E-state index contributed by atoms with van der Waals surface area (Å²) in [5, 5.41) is 11.4. The van der Waals surface area contributed by atoms with Crippen LogP contribution in [0.2, 0.25) is 0 Å². The Balaban J connectivity index is 1.90. The minimum absolute atomic E-state index is 0.000358. The lowest BCUT2D eigenvalue weighted by Crippen LogP contribution is -2.29. The number of carbonyl (C=O) groups is 2. The number of hydrogen-bond acceptors (Lipinski definition) is 6. The largest absolute Gasteiger partial charge is 0.507 e. The fourth-order valence-electron chi connectivity index (χ4n) is 4.59. The highest BCUT2D eigenvalue weighted by Gasteiger charge is 2.47. The summed E-state index contributed by atoms with van der Waals surface area (Å²) in [6, 6.07) is 18.8. The number of aliphatic hydroxyl groups excluding tert-OH is 1. The number of benzene rings is 3. The van der Waals surface area contributed by atoms with Crippen LogP contribution in [-0.4, -0.2) is 37.6 Å². The monoisotopic (exact) mass is 515 g/mol. The van der Waals surface area contributed by atoms with E-state index in [0.29, 0.717) is 40.7 Å². The lowest BCUT2D eigenvalue weighted by atomic mass is 9.85. The fourth-order valence-corrected chi connectivity index (χ4v) is 4.59. The van der Waals surface area contributed by atoms with Gasteiger partial charge in [-0.15, -0.1) is 0 Å². The van der Waals surface area contributed by atoms with Gasteiger partial charge in [-0.3, -0.25) is 14.5 Å². The highest BCUT2D eigenvalue weighted by atomic mass is 16.5. The van der Waals surface area contributed by atoms with Crippen molar-refractivity contribution in [3.63, 3.8) is 0 Å². The van der Waals surface area contributed by atoms with Crippen LogP contribution in [0.4, 0.5) is 5.69 Å². The lowest BCUT2D eigenvalue weighted by Gasteiger charge is -2.27. The number of aliphatic hydroxyl groups is 1. The van der Waals surface area contributed by atoms with Crippen molar-refractivity contribution in [1.82, 2.24) is 0 Å². The Morgan fingerprint density at radius 1 is 0.895 bits per heavy atom. The van der Waals surface area contributed by atoms with Gasteiger partial charge in [0.15, 0.2) is 11.5 Å². The molecule has 0 spiro atoms. The molecule has 1 saturated heterocycles. The summed E-state index contributed by atoms with van der Waals surface area (Å²) in [7, 11) is 3.00. The number of amides is 1. The van der Waals surface area contributed by atoms with Gasteiger partial charge in [0.1, 0.15) is 11.5 Å². The molecule has 0 saturated carbocycles. The molecule has 1 unspecified atom stereocenters. The average molecular weight is 516 g/mol. The molecule has 1 amide bonds. The summed E-state index contributed by atoms with van der Waals surface area (Å²) in [5.41, 5.74) is 2.59. The van der Waals surface area contributed by atoms with Crippen molar-refractivity contribution in [3.8, 4) is 17.2 Å². The summed E-state index contributed by atoms with van der Waals surface area (Å²) in [4.78, 5) is 28.3. The number of ether oxygens (including phenoxy) is 3. The van der Waals surface area contributed by atoms with Gasteiger partial charge in [-0.05, 0) is 65.9 Å². The predicted molar refractivity (Wildman–Crippen MR) is 147 cm³/mol. The smallest absolute Gasteiger partial charge is 0.300 e. The maximum Gasteiger partial charge on any atom is 0.300 e. The second kappa shape index (κ2) is 10.6. The Bertz CT molecular complexity index is 1370. The molecule has 7 heteroatoms. The number of nitrogens with zero attached hydrogens (tertiary/aromatic N) is 1. The summed E-state index contributed by atoms with van der Waals surface area (Å²) in [6.07, 6.45) is 0. The molecule has 0 aliphatic carbocycles. The molecule has 7 nitrogen and oxygen atoms in total. The van der Waals surface area contributed by atoms with Gasteiger partial charge in [-0.25, -0.2) is 0 Å². The van der Waals surface area contributed by atoms with Gasteiger partial charge in [0.25, 0.3) is 11.7 Å². The molecule has 1 N–H and O–H groups in total. The van der Waals surface area contributed by atoms with E-state index in [4.69, 9.17) is 14.2 Å². The standard InChI is InChI=1S/C31H33NO6/c1-7-38-23-15-13-22(14-16-23)32-27(19-8-11-21(12-9-19)31(2,3)4)26(29(34)30(32)35)28(33)20-10-17-24(36-5)25(18-20)37-6/h8-18,27,33H,7H2,1-6H3/b28-26-. The summed E-state index contributed by atoms with van der Waals surface area (Å²) >= 11 is 0. The van der Waals surface area contributed by atoms with Crippen molar-refractivity contribution < 1.29 is 28.9 Å². The van der Waals surface area contributed by atoms with Crippen molar-refractivity contribution in [2.75, 3.05) is 25.7 Å². The first-order chi connectivity index (χ1) is 18.1. The first-order valence-corrected chi connectivity index (χ1v) is 12.5. The van der Waals surface area contributed by atoms with E-state index in [9.17, 15) is 14.7 Å². The first-order valence-electron chi connectivity index (χ1n) is 12.5. The summed E-state index contributed by atoms with van der Waals surface area (Å²) in [5.74, 6) is -0.249. The number of anilines is 1. The zero-order valence-corrected chi connectivity index (χ0v) is 22.6. The Morgan fingerprint density at radius 3 is 2.08 bits per heavy atom. The van der Waals surface area contributed by atoms with E-state index < -0.39 is 17.7 Å². The Morgan fingerprint density at radius 2 is 1.53 bits per heavy atom. The molecule has 198 valence electrons. The number of Topliss-reactive ketones (excluding diaryl/α,β-unsaturated/α-hetero) is 1. The quantitative estimate of drug-likeness (QED) is 0.235. The highest BCUT2D eigenvalue weighted by molar-refractivity contribution is 6.51. The lowest BCUT2D eigenvalue weighted by molar-refractivity contribution is -0.132. The number of carbonyl (C=O) groups excluding carboxylic acids is 2.